The molecule has 1 aliphatic rings. The average molecular weight is 366 g/mol. The lowest BCUT2D eigenvalue weighted by Gasteiger charge is -2.22. The van der Waals surface area contributed by atoms with Crippen LogP contribution in [0, 0.1) is 19.3 Å². The van der Waals surface area contributed by atoms with E-state index in [0.717, 1.165) is 30.1 Å². The van der Waals surface area contributed by atoms with Gasteiger partial charge in [0.2, 0.25) is 0 Å². The molecule has 6 heteroatoms. The maximum atomic E-state index is 12.7. The molecule has 1 aromatic heterocycles. The van der Waals surface area contributed by atoms with Gasteiger partial charge in [-0.25, -0.2) is 4.98 Å². The quantitative estimate of drug-likeness (QED) is 0.902. The third-order valence-corrected chi connectivity index (χ3v) is 5.55. The minimum absolute atomic E-state index is 0. The van der Waals surface area contributed by atoms with Gasteiger partial charge in [-0.3, -0.25) is 4.79 Å². The maximum Gasteiger partial charge on any atom is 0.273 e. The molecule has 130 valence electrons. The summed E-state index contributed by atoms with van der Waals surface area (Å²) in [5.41, 5.74) is 9.95. The molecular weight excluding hydrogens is 342 g/mol. The third kappa shape index (κ3) is 3.63. The van der Waals surface area contributed by atoms with E-state index in [9.17, 15) is 4.79 Å². The molecule has 1 unspecified atom stereocenters. The van der Waals surface area contributed by atoms with E-state index in [1.165, 1.54) is 22.5 Å². The zero-order valence-electron chi connectivity index (χ0n) is 14.3. The molecule has 1 saturated heterocycles. The van der Waals surface area contributed by atoms with Gasteiger partial charge in [0.25, 0.3) is 5.91 Å². The number of rotatable bonds is 3. The van der Waals surface area contributed by atoms with Crippen LogP contribution in [0.15, 0.2) is 23.6 Å². The summed E-state index contributed by atoms with van der Waals surface area (Å²) in [6.45, 7) is 8.40. The molecule has 1 aromatic carbocycles. The number of benzene rings is 1. The van der Waals surface area contributed by atoms with Gasteiger partial charge in [-0.05, 0) is 37.8 Å². The second kappa shape index (κ2) is 7.21. The van der Waals surface area contributed by atoms with Gasteiger partial charge in [-0.2, -0.15) is 0 Å². The number of nitrogens with zero attached hydrogens (tertiary/aromatic N) is 2. The molecule has 1 aliphatic heterocycles. The number of amides is 1. The summed E-state index contributed by atoms with van der Waals surface area (Å²) in [7, 11) is 0. The monoisotopic (exact) mass is 365 g/mol. The van der Waals surface area contributed by atoms with Gasteiger partial charge in [0.05, 0.1) is 0 Å². The first kappa shape index (κ1) is 18.9. The normalized spacial score (nSPS) is 20.1. The van der Waals surface area contributed by atoms with E-state index >= 15 is 0 Å². The zero-order valence-corrected chi connectivity index (χ0v) is 16.0. The number of carbonyl (C=O) groups excluding carboxylic acids is 1. The average Bonchev–Trinajstić information content (AvgIpc) is 3.14. The lowest BCUT2D eigenvalue weighted by atomic mass is 9.90. The fourth-order valence-electron chi connectivity index (χ4n) is 3.07. The second-order valence-corrected chi connectivity index (χ2v) is 7.71. The lowest BCUT2D eigenvalue weighted by molar-refractivity contribution is 0.0772. The van der Waals surface area contributed by atoms with Crippen molar-refractivity contribution in [2.45, 2.75) is 27.2 Å². The SMILES string of the molecule is Cc1ccc(-c2nc(C(=O)N3CCC(C)(CN)C3)cs2)c(C)c1.Cl. The highest BCUT2D eigenvalue weighted by atomic mass is 35.5. The predicted octanol–water partition coefficient (Wildman–Crippen LogP) is 3.66. The Morgan fingerprint density at radius 1 is 1.42 bits per heavy atom. The highest BCUT2D eigenvalue weighted by Crippen LogP contribution is 2.31. The van der Waals surface area contributed by atoms with E-state index in [0.29, 0.717) is 12.2 Å². The van der Waals surface area contributed by atoms with Crippen LogP contribution in [0.2, 0.25) is 0 Å². The molecule has 1 fully saturated rings. The molecule has 0 bridgehead atoms. The molecule has 0 radical (unpaired) electrons. The van der Waals surface area contributed by atoms with Crippen molar-refractivity contribution in [3.63, 3.8) is 0 Å². The van der Waals surface area contributed by atoms with E-state index < -0.39 is 0 Å². The van der Waals surface area contributed by atoms with Crippen LogP contribution >= 0.6 is 23.7 Å². The van der Waals surface area contributed by atoms with Gasteiger partial charge in [0, 0.05) is 24.0 Å². The van der Waals surface area contributed by atoms with Crippen molar-refractivity contribution in [2.75, 3.05) is 19.6 Å². The van der Waals surface area contributed by atoms with Gasteiger partial charge < -0.3 is 10.6 Å². The van der Waals surface area contributed by atoms with Gasteiger partial charge in [0.15, 0.2) is 0 Å². The molecule has 1 amide bonds. The molecule has 2 N–H and O–H groups in total. The van der Waals surface area contributed by atoms with E-state index in [1.807, 2.05) is 10.3 Å². The van der Waals surface area contributed by atoms with Crippen LogP contribution in [0.1, 0.15) is 35.0 Å². The van der Waals surface area contributed by atoms with E-state index in [2.05, 4.69) is 44.0 Å². The Bertz CT molecular complexity index is 746. The van der Waals surface area contributed by atoms with Gasteiger partial charge in [-0.15, -0.1) is 23.7 Å². The van der Waals surface area contributed by atoms with Crippen LogP contribution in [0.25, 0.3) is 10.6 Å². The summed E-state index contributed by atoms with van der Waals surface area (Å²) in [6.07, 6.45) is 0.962. The summed E-state index contributed by atoms with van der Waals surface area (Å²) in [4.78, 5) is 19.1. The predicted molar refractivity (Wildman–Crippen MR) is 102 cm³/mol. The second-order valence-electron chi connectivity index (χ2n) is 6.85. The first-order valence-electron chi connectivity index (χ1n) is 7.94. The molecule has 2 aromatic rings. The number of hydrogen-bond acceptors (Lipinski definition) is 4. The van der Waals surface area contributed by atoms with Crippen LogP contribution in [0.3, 0.4) is 0 Å². The van der Waals surface area contributed by atoms with Crippen LogP contribution < -0.4 is 5.73 Å². The third-order valence-electron chi connectivity index (χ3n) is 4.67. The lowest BCUT2D eigenvalue weighted by Crippen LogP contribution is -2.34. The molecule has 0 aliphatic carbocycles. The van der Waals surface area contributed by atoms with Crippen molar-refractivity contribution in [1.82, 2.24) is 9.88 Å². The Morgan fingerprint density at radius 3 is 2.79 bits per heavy atom. The molecule has 24 heavy (non-hydrogen) atoms. The fourth-order valence-corrected chi connectivity index (χ4v) is 3.96. The maximum absolute atomic E-state index is 12.7. The highest BCUT2D eigenvalue weighted by Gasteiger charge is 2.35. The van der Waals surface area contributed by atoms with E-state index in [1.54, 1.807) is 0 Å². The van der Waals surface area contributed by atoms with Crippen molar-refractivity contribution in [3.8, 4) is 10.6 Å². The Balaban J connectivity index is 0.00000208. The molecule has 4 nitrogen and oxygen atoms in total. The van der Waals surface area contributed by atoms with Gasteiger partial charge >= 0.3 is 0 Å². The first-order chi connectivity index (χ1) is 10.9. The Labute approximate surface area is 153 Å². The smallest absolute Gasteiger partial charge is 0.273 e. The highest BCUT2D eigenvalue weighted by molar-refractivity contribution is 7.13. The minimum atomic E-state index is 0. The van der Waals surface area contributed by atoms with E-state index in [4.69, 9.17) is 5.73 Å². The Kier molecular flexibility index (Phi) is 5.68. The minimum Gasteiger partial charge on any atom is -0.337 e. The first-order valence-corrected chi connectivity index (χ1v) is 8.82. The molecule has 0 spiro atoms. The topological polar surface area (TPSA) is 59.2 Å². The van der Waals surface area contributed by atoms with Crippen LogP contribution in [-0.2, 0) is 0 Å². The van der Waals surface area contributed by atoms with Crippen molar-refractivity contribution in [3.05, 3.63) is 40.4 Å². The van der Waals surface area contributed by atoms with Crippen molar-refractivity contribution in [2.24, 2.45) is 11.1 Å². The number of hydrogen-bond donors (Lipinski definition) is 1. The largest absolute Gasteiger partial charge is 0.337 e. The number of aromatic nitrogens is 1. The fraction of sp³-hybridized carbons (Fsp3) is 0.444. The molecule has 1 atom stereocenters. The number of carbonyl (C=O) groups is 1. The van der Waals surface area contributed by atoms with Crippen LogP contribution in [-0.4, -0.2) is 35.4 Å². The molecule has 0 saturated carbocycles. The van der Waals surface area contributed by atoms with E-state index in [-0.39, 0.29) is 23.7 Å². The molecule has 3 rings (SSSR count). The number of nitrogens with two attached hydrogens (primary N) is 1. The number of thiazole rings is 1. The van der Waals surface area contributed by atoms with Gasteiger partial charge in [0.1, 0.15) is 10.7 Å². The van der Waals surface area contributed by atoms with Crippen molar-refractivity contribution in [1.29, 1.82) is 0 Å². The van der Waals surface area contributed by atoms with Crippen LogP contribution in [0.4, 0.5) is 0 Å². The summed E-state index contributed by atoms with van der Waals surface area (Å²) < 4.78 is 0. The number of likely N-dealkylation sites (tertiary alicyclic amines) is 1. The summed E-state index contributed by atoms with van der Waals surface area (Å²) in [6, 6.07) is 6.31. The van der Waals surface area contributed by atoms with Crippen molar-refractivity contribution >= 4 is 29.7 Å². The molecular formula is C18H24ClN3OS. The van der Waals surface area contributed by atoms with Gasteiger partial charge in [-0.1, -0.05) is 30.7 Å². The number of aryl methyl sites for hydroxylation is 2. The Hall–Kier alpha value is -1.43. The molecule has 2 heterocycles. The van der Waals surface area contributed by atoms with Crippen LogP contribution in [0.5, 0.6) is 0 Å². The summed E-state index contributed by atoms with van der Waals surface area (Å²) >= 11 is 1.53. The Morgan fingerprint density at radius 2 is 2.17 bits per heavy atom. The summed E-state index contributed by atoms with van der Waals surface area (Å²) in [5.74, 6) is 0.0226. The standard InChI is InChI=1S/C18H23N3OS.ClH/c1-12-4-5-14(13(2)8-12)16-20-15(9-23-16)17(22)21-7-6-18(3,10-19)11-21;/h4-5,8-9H,6-7,10-11,19H2,1-3H3;1H. The zero-order chi connectivity index (χ0) is 16.6. The van der Waals surface area contributed by atoms with Crippen molar-refractivity contribution < 1.29 is 4.79 Å². The number of halogens is 1. The summed E-state index contributed by atoms with van der Waals surface area (Å²) in [5, 5.41) is 2.78.